The van der Waals surface area contributed by atoms with E-state index in [1.165, 1.54) is 32.1 Å². The van der Waals surface area contributed by atoms with Gasteiger partial charge >= 0.3 is 0 Å². The molecule has 1 saturated carbocycles. The maximum atomic E-state index is 6.00. The summed E-state index contributed by atoms with van der Waals surface area (Å²) >= 11 is 0. The summed E-state index contributed by atoms with van der Waals surface area (Å²) in [6.45, 7) is 6.27. The van der Waals surface area contributed by atoms with Gasteiger partial charge in [-0.05, 0) is 31.1 Å². The van der Waals surface area contributed by atoms with E-state index in [-0.39, 0.29) is 5.54 Å². The third kappa shape index (κ3) is 4.69. The van der Waals surface area contributed by atoms with E-state index in [4.69, 9.17) is 12.2 Å². The molecule has 2 unspecified atom stereocenters. The molecule has 1 rings (SSSR count). The number of nitrogens with one attached hydrogen (secondary N) is 1. The van der Waals surface area contributed by atoms with E-state index in [0.29, 0.717) is 0 Å². The molecule has 0 aliphatic heterocycles. The summed E-state index contributed by atoms with van der Waals surface area (Å²) in [6, 6.07) is 0. The Morgan fingerprint density at radius 3 is 2.88 bits per heavy atom. The van der Waals surface area contributed by atoms with E-state index >= 15 is 0 Å². The van der Waals surface area contributed by atoms with E-state index in [9.17, 15) is 0 Å². The molecule has 0 saturated heterocycles. The Kier molecular flexibility index (Phi) is 6.02. The first kappa shape index (κ1) is 14.5. The molecule has 2 atom stereocenters. The standard InChI is InChI=1S/C15H28N2/c1-4-5-9-17-15(12-16)8-6-7-14(11-15)10-13(2)3/h1,13-14,17H,5-12,16H2,2-3H3. The quantitative estimate of drug-likeness (QED) is 0.549. The van der Waals surface area contributed by atoms with Gasteiger partial charge in [0.25, 0.3) is 0 Å². The fourth-order valence-corrected chi connectivity index (χ4v) is 3.17. The highest BCUT2D eigenvalue weighted by molar-refractivity contribution is 4.96. The summed E-state index contributed by atoms with van der Waals surface area (Å²) in [4.78, 5) is 0. The molecule has 0 aromatic rings. The lowest BCUT2D eigenvalue weighted by molar-refractivity contribution is 0.169. The highest BCUT2D eigenvalue weighted by Gasteiger charge is 2.34. The van der Waals surface area contributed by atoms with Gasteiger partial charge in [-0.25, -0.2) is 0 Å². The van der Waals surface area contributed by atoms with Crippen molar-refractivity contribution in [2.45, 2.75) is 57.9 Å². The molecule has 98 valence electrons. The minimum absolute atomic E-state index is 0.161. The van der Waals surface area contributed by atoms with Crippen LogP contribution in [-0.4, -0.2) is 18.6 Å². The largest absolute Gasteiger partial charge is 0.329 e. The molecule has 0 radical (unpaired) electrons. The smallest absolute Gasteiger partial charge is 0.0307 e. The highest BCUT2D eigenvalue weighted by atomic mass is 15.0. The Labute approximate surface area is 107 Å². The van der Waals surface area contributed by atoms with Crippen molar-refractivity contribution in [1.29, 1.82) is 0 Å². The van der Waals surface area contributed by atoms with Gasteiger partial charge in [0.1, 0.15) is 0 Å². The lowest BCUT2D eigenvalue weighted by Gasteiger charge is -2.41. The number of hydrogen-bond acceptors (Lipinski definition) is 2. The summed E-state index contributed by atoms with van der Waals surface area (Å²) in [5.74, 6) is 4.32. The topological polar surface area (TPSA) is 38.0 Å². The van der Waals surface area contributed by atoms with Gasteiger partial charge < -0.3 is 11.1 Å². The fraction of sp³-hybridized carbons (Fsp3) is 0.867. The summed E-state index contributed by atoms with van der Waals surface area (Å²) in [6.07, 6.45) is 12.5. The van der Waals surface area contributed by atoms with Crippen molar-refractivity contribution in [3.05, 3.63) is 0 Å². The maximum Gasteiger partial charge on any atom is 0.0307 e. The first-order chi connectivity index (χ1) is 8.12. The molecule has 1 aliphatic carbocycles. The van der Waals surface area contributed by atoms with Gasteiger partial charge in [0.05, 0.1) is 0 Å². The predicted molar refractivity (Wildman–Crippen MR) is 74.7 cm³/mol. The van der Waals surface area contributed by atoms with E-state index in [1.807, 2.05) is 0 Å². The van der Waals surface area contributed by atoms with Gasteiger partial charge in [-0.15, -0.1) is 12.3 Å². The van der Waals surface area contributed by atoms with Crippen molar-refractivity contribution in [2.75, 3.05) is 13.1 Å². The molecule has 0 heterocycles. The second kappa shape index (κ2) is 7.03. The third-order valence-electron chi connectivity index (χ3n) is 3.91. The van der Waals surface area contributed by atoms with Crippen molar-refractivity contribution >= 4 is 0 Å². The zero-order chi connectivity index (χ0) is 12.7. The molecule has 1 aliphatic rings. The van der Waals surface area contributed by atoms with E-state index in [2.05, 4.69) is 25.1 Å². The molecule has 0 bridgehead atoms. The zero-order valence-electron chi connectivity index (χ0n) is 11.5. The Morgan fingerprint density at radius 2 is 2.29 bits per heavy atom. The third-order valence-corrected chi connectivity index (χ3v) is 3.91. The van der Waals surface area contributed by atoms with Crippen LogP contribution >= 0.6 is 0 Å². The van der Waals surface area contributed by atoms with Crippen LogP contribution in [0, 0.1) is 24.2 Å². The van der Waals surface area contributed by atoms with Gasteiger partial charge in [-0.1, -0.05) is 26.7 Å². The van der Waals surface area contributed by atoms with Crippen molar-refractivity contribution in [2.24, 2.45) is 17.6 Å². The Morgan fingerprint density at radius 1 is 1.53 bits per heavy atom. The molecular weight excluding hydrogens is 208 g/mol. The lowest BCUT2D eigenvalue weighted by Crippen LogP contribution is -2.54. The zero-order valence-corrected chi connectivity index (χ0v) is 11.5. The molecule has 0 aromatic carbocycles. The average Bonchev–Trinajstić information content (AvgIpc) is 2.29. The first-order valence-electron chi connectivity index (χ1n) is 7.00. The van der Waals surface area contributed by atoms with Gasteiger partial charge in [-0.3, -0.25) is 0 Å². The summed E-state index contributed by atoms with van der Waals surface area (Å²) in [7, 11) is 0. The molecule has 0 aromatic heterocycles. The molecule has 0 amide bonds. The molecular formula is C15H28N2. The van der Waals surface area contributed by atoms with Crippen LogP contribution < -0.4 is 11.1 Å². The minimum atomic E-state index is 0.161. The maximum absolute atomic E-state index is 6.00. The number of terminal acetylenes is 1. The molecule has 1 fully saturated rings. The molecule has 2 nitrogen and oxygen atoms in total. The predicted octanol–water partition coefficient (Wildman–Crippen LogP) is 2.53. The molecule has 0 spiro atoms. The number of hydrogen-bond donors (Lipinski definition) is 2. The average molecular weight is 236 g/mol. The number of nitrogens with two attached hydrogens (primary N) is 1. The van der Waals surface area contributed by atoms with Crippen LogP contribution in [0.3, 0.4) is 0 Å². The Bertz CT molecular complexity index is 254. The van der Waals surface area contributed by atoms with Gasteiger partial charge in [0.2, 0.25) is 0 Å². The normalized spacial score (nSPS) is 29.2. The van der Waals surface area contributed by atoms with Crippen LogP contribution in [0.5, 0.6) is 0 Å². The van der Waals surface area contributed by atoms with Gasteiger partial charge in [-0.2, -0.15) is 0 Å². The Hall–Kier alpha value is -0.520. The second-order valence-electron chi connectivity index (χ2n) is 5.96. The molecule has 17 heavy (non-hydrogen) atoms. The molecule has 3 N–H and O–H groups in total. The summed E-state index contributed by atoms with van der Waals surface area (Å²) < 4.78 is 0. The monoisotopic (exact) mass is 236 g/mol. The SMILES string of the molecule is C#CCCNC1(CN)CCCC(CC(C)C)C1. The highest BCUT2D eigenvalue weighted by Crippen LogP contribution is 2.35. The van der Waals surface area contributed by atoms with Crippen molar-refractivity contribution in [3.63, 3.8) is 0 Å². The van der Waals surface area contributed by atoms with Crippen LogP contribution in [0.2, 0.25) is 0 Å². The van der Waals surface area contributed by atoms with Crippen LogP contribution in [0.25, 0.3) is 0 Å². The first-order valence-corrected chi connectivity index (χ1v) is 7.00. The van der Waals surface area contributed by atoms with Crippen LogP contribution in [0.1, 0.15) is 52.4 Å². The van der Waals surface area contributed by atoms with E-state index in [0.717, 1.165) is 31.3 Å². The van der Waals surface area contributed by atoms with Gasteiger partial charge in [0, 0.05) is 25.0 Å². The Balaban J connectivity index is 2.50. The van der Waals surface area contributed by atoms with Crippen molar-refractivity contribution < 1.29 is 0 Å². The van der Waals surface area contributed by atoms with E-state index in [1.54, 1.807) is 0 Å². The van der Waals surface area contributed by atoms with Crippen molar-refractivity contribution in [1.82, 2.24) is 5.32 Å². The van der Waals surface area contributed by atoms with E-state index < -0.39 is 0 Å². The van der Waals surface area contributed by atoms with Crippen LogP contribution in [0.15, 0.2) is 0 Å². The fourth-order valence-electron chi connectivity index (χ4n) is 3.17. The summed E-state index contributed by atoms with van der Waals surface area (Å²) in [5, 5.41) is 3.62. The van der Waals surface area contributed by atoms with Crippen LogP contribution in [-0.2, 0) is 0 Å². The van der Waals surface area contributed by atoms with Gasteiger partial charge in [0.15, 0.2) is 0 Å². The van der Waals surface area contributed by atoms with Crippen molar-refractivity contribution in [3.8, 4) is 12.3 Å². The van der Waals surface area contributed by atoms with Crippen LogP contribution in [0.4, 0.5) is 0 Å². The minimum Gasteiger partial charge on any atom is -0.329 e. The molecule has 2 heteroatoms. The lowest BCUT2D eigenvalue weighted by atomic mass is 9.73. The summed E-state index contributed by atoms with van der Waals surface area (Å²) in [5.41, 5.74) is 6.16. The second-order valence-corrected chi connectivity index (χ2v) is 5.96. The number of rotatable bonds is 6.